The highest BCUT2D eigenvalue weighted by atomic mass is 16.7. The Hall–Kier alpha value is -2.85. The molecule has 1 amide bonds. The van der Waals surface area contributed by atoms with Crippen molar-refractivity contribution in [1.82, 2.24) is 5.32 Å². The molecule has 0 saturated carbocycles. The van der Waals surface area contributed by atoms with Crippen LogP contribution in [0.15, 0.2) is 42.5 Å². The van der Waals surface area contributed by atoms with Gasteiger partial charge < -0.3 is 34.9 Å². The molecule has 0 spiro atoms. The third-order valence-electron chi connectivity index (χ3n) is 5.13. The lowest BCUT2D eigenvalue weighted by Gasteiger charge is -2.25. The Kier molecular flexibility index (Phi) is 8.15. The van der Waals surface area contributed by atoms with Crippen LogP contribution < -0.4 is 20.5 Å². The van der Waals surface area contributed by atoms with E-state index < -0.39 is 24.0 Å². The van der Waals surface area contributed by atoms with Crippen molar-refractivity contribution in [2.45, 2.75) is 51.4 Å². The van der Waals surface area contributed by atoms with Gasteiger partial charge in [0.05, 0.1) is 18.3 Å². The maximum Gasteiger partial charge on any atom is 0.252 e. The van der Waals surface area contributed by atoms with Gasteiger partial charge in [0.1, 0.15) is 30.0 Å². The summed E-state index contributed by atoms with van der Waals surface area (Å²) in [4.78, 5) is 11.3. The zero-order valence-corrected chi connectivity index (χ0v) is 19.1. The first-order valence-electron chi connectivity index (χ1n) is 10.9. The molecule has 0 radical (unpaired) electrons. The van der Waals surface area contributed by atoms with E-state index in [0.29, 0.717) is 31.1 Å². The van der Waals surface area contributed by atoms with Crippen LogP contribution in [0.5, 0.6) is 17.2 Å². The summed E-state index contributed by atoms with van der Waals surface area (Å²) in [7, 11) is 0. The molecule has 1 saturated heterocycles. The Morgan fingerprint density at radius 2 is 2.06 bits per heavy atom. The van der Waals surface area contributed by atoms with E-state index in [1.54, 1.807) is 6.92 Å². The van der Waals surface area contributed by atoms with Gasteiger partial charge in [0.25, 0.3) is 5.91 Å². The normalized spacial score (nSPS) is 19.1. The van der Waals surface area contributed by atoms with E-state index in [0.717, 1.165) is 5.56 Å². The third kappa shape index (κ3) is 7.06. The lowest BCUT2D eigenvalue weighted by atomic mass is 10.1. The molecule has 3 rings (SSSR count). The Balaban J connectivity index is 1.55. The lowest BCUT2D eigenvalue weighted by Crippen LogP contribution is -2.44. The largest absolute Gasteiger partial charge is 0.507 e. The number of primary amides is 1. The molecule has 2 aromatic rings. The van der Waals surface area contributed by atoms with E-state index >= 15 is 0 Å². The van der Waals surface area contributed by atoms with Crippen LogP contribution >= 0.6 is 0 Å². The average molecular weight is 461 g/mol. The first kappa shape index (κ1) is 24.8. The van der Waals surface area contributed by atoms with E-state index in [9.17, 15) is 15.0 Å². The first-order valence-corrected chi connectivity index (χ1v) is 10.9. The molecule has 180 valence electrons. The Morgan fingerprint density at radius 3 is 2.73 bits per heavy atom. The number of carbonyl (C=O) groups is 1. The second-order valence-corrected chi connectivity index (χ2v) is 8.39. The van der Waals surface area contributed by atoms with Gasteiger partial charge in [-0.1, -0.05) is 18.2 Å². The molecule has 1 aliphatic rings. The predicted molar refractivity (Wildman–Crippen MR) is 121 cm³/mol. The molecule has 1 fully saturated rings. The molecular formula is C24H32N2O7. The second kappa shape index (κ2) is 10.8. The van der Waals surface area contributed by atoms with E-state index in [4.69, 9.17) is 24.7 Å². The molecule has 1 heterocycles. The number of aromatic hydroxyl groups is 1. The van der Waals surface area contributed by atoms with Crippen LogP contribution in [0.2, 0.25) is 0 Å². The van der Waals surface area contributed by atoms with Crippen LogP contribution in [0.25, 0.3) is 0 Å². The van der Waals surface area contributed by atoms with Gasteiger partial charge in [-0.05, 0) is 50.6 Å². The number of amides is 1. The Morgan fingerprint density at radius 1 is 1.30 bits per heavy atom. The number of hydrogen-bond acceptors (Lipinski definition) is 8. The van der Waals surface area contributed by atoms with Crippen molar-refractivity contribution < 1.29 is 34.0 Å². The minimum Gasteiger partial charge on any atom is -0.507 e. The van der Waals surface area contributed by atoms with Crippen molar-refractivity contribution >= 4 is 5.91 Å². The number of benzene rings is 2. The molecule has 33 heavy (non-hydrogen) atoms. The van der Waals surface area contributed by atoms with Gasteiger partial charge in [0, 0.05) is 13.0 Å². The van der Waals surface area contributed by atoms with Gasteiger partial charge in [-0.2, -0.15) is 0 Å². The van der Waals surface area contributed by atoms with Gasteiger partial charge >= 0.3 is 0 Å². The molecule has 9 heteroatoms. The molecule has 0 aromatic heterocycles. The van der Waals surface area contributed by atoms with Crippen molar-refractivity contribution in [2.24, 2.45) is 5.73 Å². The first-order chi connectivity index (χ1) is 15.6. The highest BCUT2D eigenvalue weighted by Crippen LogP contribution is 2.28. The summed E-state index contributed by atoms with van der Waals surface area (Å²) in [5.41, 5.74) is 6.18. The number of ether oxygens (including phenoxy) is 4. The number of hydrogen-bond donors (Lipinski definition) is 4. The minimum atomic E-state index is -0.793. The number of nitrogens with two attached hydrogens (primary N) is 1. The lowest BCUT2D eigenvalue weighted by molar-refractivity contribution is -0.138. The number of rotatable bonds is 11. The van der Waals surface area contributed by atoms with Crippen LogP contribution in [-0.2, 0) is 15.9 Å². The molecule has 0 aliphatic carbocycles. The second-order valence-electron chi connectivity index (χ2n) is 8.39. The fraction of sp³-hybridized carbons (Fsp3) is 0.458. The van der Waals surface area contributed by atoms with Crippen molar-refractivity contribution in [3.05, 3.63) is 53.6 Å². The van der Waals surface area contributed by atoms with Crippen LogP contribution in [0.1, 0.15) is 36.7 Å². The fourth-order valence-corrected chi connectivity index (χ4v) is 3.52. The summed E-state index contributed by atoms with van der Waals surface area (Å²) < 4.78 is 23.2. The topological polar surface area (TPSA) is 132 Å². The Labute approximate surface area is 193 Å². The quantitative estimate of drug-likeness (QED) is 0.295. The van der Waals surface area contributed by atoms with E-state index in [1.807, 2.05) is 38.1 Å². The fourth-order valence-electron chi connectivity index (χ4n) is 3.52. The molecule has 2 aromatic carbocycles. The summed E-state index contributed by atoms with van der Waals surface area (Å²) in [6.45, 7) is 6.51. The van der Waals surface area contributed by atoms with Crippen molar-refractivity contribution in [1.29, 1.82) is 0 Å². The maximum absolute atomic E-state index is 11.3. The van der Waals surface area contributed by atoms with Crippen LogP contribution in [0.4, 0.5) is 0 Å². The highest BCUT2D eigenvalue weighted by Gasteiger charge is 2.33. The number of aliphatic hydroxyl groups is 1. The van der Waals surface area contributed by atoms with Gasteiger partial charge in [-0.15, -0.1) is 0 Å². The third-order valence-corrected chi connectivity index (χ3v) is 5.13. The summed E-state index contributed by atoms with van der Waals surface area (Å²) in [6, 6.07) is 11.9. The number of para-hydroxylation sites is 1. The monoisotopic (exact) mass is 460 g/mol. The van der Waals surface area contributed by atoms with Crippen LogP contribution in [0, 0.1) is 0 Å². The summed E-state index contributed by atoms with van der Waals surface area (Å²) >= 11 is 0. The molecule has 3 atom stereocenters. The number of aliphatic hydroxyl groups excluding tert-OH is 1. The van der Waals surface area contributed by atoms with Gasteiger partial charge in [-0.25, -0.2) is 0 Å². The zero-order valence-electron chi connectivity index (χ0n) is 19.1. The molecule has 1 aliphatic heterocycles. The average Bonchev–Trinajstić information content (AvgIpc) is 3.10. The van der Waals surface area contributed by atoms with Gasteiger partial charge in [0.2, 0.25) is 0 Å². The van der Waals surface area contributed by atoms with Crippen LogP contribution in [0.3, 0.4) is 0 Å². The minimum absolute atomic E-state index is 0.0118. The summed E-state index contributed by atoms with van der Waals surface area (Å²) in [5.74, 6) is -0.498. The maximum atomic E-state index is 11.3. The van der Waals surface area contributed by atoms with E-state index in [-0.39, 0.29) is 24.0 Å². The summed E-state index contributed by atoms with van der Waals surface area (Å²) in [5, 5.41) is 23.0. The Bertz CT molecular complexity index is 948. The number of phenols is 1. The zero-order chi connectivity index (χ0) is 24.0. The predicted octanol–water partition coefficient (Wildman–Crippen LogP) is 1.94. The number of carbonyl (C=O) groups excluding carboxylic acids is 1. The van der Waals surface area contributed by atoms with Gasteiger partial charge in [-0.3, -0.25) is 10.1 Å². The SMILES string of the molecule is CC(O)C(NCCOc1ccc(O)c(C(N)=O)c1)Oc1ccccc1CC1COC(C)(C)O1. The van der Waals surface area contributed by atoms with Gasteiger partial charge in [0.15, 0.2) is 12.0 Å². The van der Waals surface area contributed by atoms with Crippen molar-refractivity contribution in [3.63, 3.8) is 0 Å². The molecule has 9 nitrogen and oxygen atoms in total. The molecule has 0 bridgehead atoms. The van der Waals surface area contributed by atoms with Crippen LogP contribution in [-0.4, -0.2) is 60.1 Å². The molecule has 5 N–H and O–H groups in total. The summed E-state index contributed by atoms with van der Waals surface area (Å²) in [6.07, 6.45) is -0.920. The molecular weight excluding hydrogens is 428 g/mol. The molecule has 3 unspecified atom stereocenters. The number of nitrogens with one attached hydrogen (secondary N) is 1. The highest BCUT2D eigenvalue weighted by molar-refractivity contribution is 5.95. The van der Waals surface area contributed by atoms with Crippen molar-refractivity contribution in [3.8, 4) is 17.2 Å². The van der Waals surface area contributed by atoms with E-state index in [2.05, 4.69) is 5.32 Å². The smallest absolute Gasteiger partial charge is 0.252 e. The van der Waals surface area contributed by atoms with Crippen molar-refractivity contribution in [2.75, 3.05) is 19.8 Å². The van der Waals surface area contributed by atoms with E-state index in [1.165, 1.54) is 18.2 Å². The standard InChI is InChI=1S/C24H32N2O7/c1-15(27)23(26-10-11-30-17-8-9-20(28)19(13-17)22(25)29)32-21-7-5-4-6-16(21)12-18-14-31-24(2,3)33-18/h4-9,13,15,18,23,26-28H,10-12,14H2,1-3H3,(H2,25,29).